The minimum absolute atomic E-state index is 0.0874. The van der Waals surface area contributed by atoms with E-state index in [1.807, 2.05) is 31.2 Å². The first-order valence-corrected chi connectivity index (χ1v) is 7.18. The van der Waals surface area contributed by atoms with Crippen molar-refractivity contribution in [2.45, 2.75) is 19.3 Å². The third kappa shape index (κ3) is 3.99. The smallest absolute Gasteiger partial charge is 0.314 e. The molecule has 3 nitrogen and oxygen atoms in total. The Morgan fingerprint density at radius 2 is 1.95 bits per heavy atom. The molecule has 0 radical (unpaired) electrons. The molecule has 2 rings (SSSR count). The molecule has 0 aliphatic carbocycles. The van der Waals surface area contributed by atoms with Crippen LogP contribution in [0.25, 0.3) is 0 Å². The van der Waals surface area contributed by atoms with E-state index >= 15 is 0 Å². The van der Waals surface area contributed by atoms with E-state index in [2.05, 4.69) is 0 Å². The van der Waals surface area contributed by atoms with Crippen molar-refractivity contribution < 1.29 is 14.6 Å². The molecule has 1 atom stereocenters. The van der Waals surface area contributed by atoms with Crippen LogP contribution in [-0.2, 0) is 11.2 Å². The van der Waals surface area contributed by atoms with E-state index < -0.39 is 11.9 Å². The summed E-state index contributed by atoms with van der Waals surface area (Å²) in [5, 5.41) is 10.0. The van der Waals surface area contributed by atoms with Crippen LogP contribution in [0.1, 0.15) is 24.0 Å². The van der Waals surface area contributed by atoms with E-state index in [1.165, 1.54) is 0 Å². The van der Waals surface area contributed by atoms with Crippen LogP contribution in [0, 0.1) is 0 Å². The summed E-state index contributed by atoms with van der Waals surface area (Å²) in [6, 6.07) is 14.5. The second-order valence-electron chi connectivity index (χ2n) is 4.72. The molecule has 0 aromatic heterocycles. The number of rotatable bonds is 6. The van der Waals surface area contributed by atoms with Crippen molar-refractivity contribution in [2.75, 3.05) is 6.61 Å². The lowest BCUT2D eigenvalue weighted by atomic mass is 10.0. The molecule has 2 aromatic rings. The summed E-state index contributed by atoms with van der Waals surface area (Å²) in [6.45, 7) is 2.10. The SMILES string of the molecule is CCc1cc(OCC(C(=O)O)c2ccccc2)ccc1Cl. The van der Waals surface area contributed by atoms with E-state index in [-0.39, 0.29) is 6.61 Å². The molecule has 0 aliphatic heterocycles. The van der Waals surface area contributed by atoms with Crippen LogP contribution in [0.15, 0.2) is 48.5 Å². The molecule has 1 N–H and O–H groups in total. The van der Waals surface area contributed by atoms with Crippen LogP contribution in [0.3, 0.4) is 0 Å². The molecular formula is C17H17ClO3. The van der Waals surface area contributed by atoms with Gasteiger partial charge in [0.05, 0.1) is 0 Å². The van der Waals surface area contributed by atoms with Crippen molar-refractivity contribution in [3.8, 4) is 5.75 Å². The third-order valence-electron chi connectivity index (χ3n) is 3.31. The molecule has 0 heterocycles. The minimum atomic E-state index is -0.897. The van der Waals surface area contributed by atoms with E-state index in [9.17, 15) is 9.90 Å². The fraction of sp³-hybridized carbons (Fsp3) is 0.235. The van der Waals surface area contributed by atoms with Gasteiger partial charge >= 0.3 is 5.97 Å². The molecule has 1 unspecified atom stereocenters. The van der Waals surface area contributed by atoms with Crippen molar-refractivity contribution in [3.05, 3.63) is 64.7 Å². The maximum Gasteiger partial charge on any atom is 0.314 e. The summed E-state index contributed by atoms with van der Waals surface area (Å²) in [5.41, 5.74) is 1.72. The van der Waals surface area contributed by atoms with E-state index in [4.69, 9.17) is 16.3 Å². The lowest BCUT2D eigenvalue weighted by Gasteiger charge is -2.15. The highest BCUT2D eigenvalue weighted by molar-refractivity contribution is 6.31. The number of halogens is 1. The highest BCUT2D eigenvalue weighted by Crippen LogP contribution is 2.24. The summed E-state index contributed by atoms with van der Waals surface area (Å²) in [4.78, 5) is 11.4. The van der Waals surface area contributed by atoms with Gasteiger partial charge in [-0.25, -0.2) is 0 Å². The van der Waals surface area contributed by atoms with Gasteiger partial charge in [0.15, 0.2) is 0 Å². The van der Waals surface area contributed by atoms with Crippen molar-refractivity contribution in [1.29, 1.82) is 0 Å². The molecule has 0 fully saturated rings. The highest BCUT2D eigenvalue weighted by atomic mass is 35.5. The van der Waals surface area contributed by atoms with Crippen LogP contribution in [0.2, 0.25) is 5.02 Å². The maximum atomic E-state index is 11.4. The largest absolute Gasteiger partial charge is 0.492 e. The normalized spacial score (nSPS) is 11.9. The number of carboxylic acids is 1. The minimum Gasteiger partial charge on any atom is -0.492 e. The van der Waals surface area contributed by atoms with Gasteiger partial charge in [0.2, 0.25) is 0 Å². The molecule has 2 aromatic carbocycles. The lowest BCUT2D eigenvalue weighted by molar-refractivity contribution is -0.139. The number of carbonyl (C=O) groups is 1. The average Bonchev–Trinajstić information content (AvgIpc) is 2.49. The Balaban J connectivity index is 2.11. The van der Waals surface area contributed by atoms with Crippen LogP contribution in [0.5, 0.6) is 5.75 Å². The number of aliphatic carboxylic acids is 1. The molecule has 0 spiro atoms. The van der Waals surface area contributed by atoms with Crippen molar-refractivity contribution in [1.82, 2.24) is 0 Å². The van der Waals surface area contributed by atoms with Gasteiger partial charge in [-0.15, -0.1) is 0 Å². The molecule has 0 aliphatic rings. The molecular weight excluding hydrogens is 288 g/mol. The molecule has 21 heavy (non-hydrogen) atoms. The predicted molar refractivity (Wildman–Crippen MR) is 83.1 cm³/mol. The molecule has 0 amide bonds. The van der Waals surface area contributed by atoms with Gasteiger partial charge in [0.1, 0.15) is 18.3 Å². The molecule has 0 saturated carbocycles. The number of carboxylic acid groups (broad SMARTS) is 1. The number of hydrogen-bond acceptors (Lipinski definition) is 2. The number of ether oxygens (including phenoxy) is 1. The second-order valence-corrected chi connectivity index (χ2v) is 5.13. The Bertz CT molecular complexity index is 611. The first-order chi connectivity index (χ1) is 10.1. The van der Waals surface area contributed by atoms with Gasteiger partial charge in [0.25, 0.3) is 0 Å². The molecule has 4 heteroatoms. The van der Waals surface area contributed by atoms with Crippen LogP contribution in [-0.4, -0.2) is 17.7 Å². The second kappa shape index (κ2) is 7.14. The summed E-state index contributed by atoms with van der Waals surface area (Å²) >= 11 is 6.06. The van der Waals surface area contributed by atoms with Crippen LogP contribution >= 0.6 is 11.6 Å². The Labute approximate surface area is 129 Å². The Morgan fingerprint density at radius 3 is 2.57 bits per heavy atom. The van der Waals surface area contributed by atoms with Gasteiger partial charge in [-0.05, 0) is 35.7 Å². The fourth-order valence-corrected chi connectivity index (χ4v) is 2.34. The van der Waals surface area contributed by atoms with Crippen molar-refractivity contribution in [2.24, 2.45) is 0 Å². The molecule has 0 bridgehead atoms. The van der Waals surface area contributed by atoms with Gasteiger partial charge < -0.3 is 9.84 Å². The predicted octanol–water partition coefficient (Wildman–Crippen LogP) is 4.15. The molecule has 110 valence electrons. The van der Waals surface area contributed by atoms with E-state index in [1.54, 1.807) is 24.3 Å². The van der Waals surface area contributed by atoms with E-state index in [0.29, 0.717) is 10.8 Å². The Hall–Kier alpha value is -2.00. The van der Waals surface area contributed by atoms with Gasteiger partial charge in [-0.2, -0.15) is 0 Å². The molecule has 0 saturated heterocycles. The van der Waals surface area contributed by atoms with Gasteiger partial charge in [0, 0.05) is 5.02 Å². The zero-order valence-corrected chi connectivity index (χ0v) is 12.5. The Kier molecular flexibility index (Phi) is 5.23. The quantitative estimate of drug-likeness (QED) is 0.872. The fourth-order valence-electron chi connectivity index (χ4n) is 2.09. The average molecular weight is 305 g/mol. The van der Waals surface area contributed by atoms with Gasteiger partial charge in [-0.3, -0.25) is 4.79 Å². The summed E-state index contributed by atoms with van der Waals surface area (Å²) in [5.74, 6) is -0.948. The summed E-state index contributed by atoms with van der Waals surface area (Å²) in [7, 11) is 0. The van der Waals surface area contributed by atoms with Gasteiger partial charge in [-0.1, -0.05) is 48.9 Å². The number of benzene rings is 2. The zero-order chi connectivity index (χ0) is 15.2. The van der Waals surface area contributed by atoms with Crippen LogP contribution < -0.4 is 4.74 Å². The lowest BCUT2D eigenvalue weighted by Crippen LogP contribution is -2.19. The van der Waals surface area contributed by atoms with E-state index in [0.717, 1.165) is 17.5 Å². The Morgan fingerprint density at radius 1 is 1.24 bits per heavy atom. The number of aryl methyl sites for hydroxylation is 1. The monoisotopic (exact) mass is 304 g/mol. The first-order valence-electron chi connectivity index (χ1n) is 6.80. The maximum absolute atomic E-state index is 11.4. The third-order valence-corrected chi connectivity index (χ3v) is 3.68. The van der Waals surface area contributed by atoms with Crippen molar-refractivity contribution in [3.63, 3.8) is 0 Å². The topological polar surface area (TPSA) is 46.5 Å². The highest BCUT2D eigenvalue weighted by Gasteiger charge is 2.20. The van der Waals surface area contributed by atoms with Crippen molar-refractivity contribution >= 4 is 17.6 Å². The zero-order valence-electron chi connectivity index (χ0n) is 11.8. The van der Waals surface area contributed by atoms with Crippen LogP contribution in [0.4, 0.5) is 0 Å². The standard InChI is InChI=1S/C17H17ClO3/c1-2-12-10-14(8-9-16(12)18)21-11-15(17(19)20)13-6-4-3-5-7-13/h3-10,15H,2,11H2,1H3,(H,19,20). The first kappa shape index (κ1) is 15.4. The number of hydrogen-bond donors (Lipinski definition) is 1. The summed E-state index contributed by atoms with van der Waals surface area (Å²) < 4.78 is 5.64. The summed E-state index contributed by atoms with van der Waals surface area (Å²) in [6.07, 6.45) is 0.803.